The minimum atomic E-state index is -4.76. The van der Waals surface area contributed by atoms with Crippen LogP contribution in [-0.2, 0) is 4.79 Å². The number of carbonyl (C=O) groups is 1. The van der Waals surface area contributed by atoms with Crippen molar-refractivity contribution in [1.29, 1.82) is 0 Å². The molecule has 2 aliphatic rings. The number of hydrogen-bond donors (Lipinski definition) is 1. The zero-order chi connectivity index (χ0) is 25.8. The SMILES string of the molecule is O=C(COc1ccc(OC(F)(F)F)cc1)Nc1ccc2nc(N3CCC(N4CCCC4)CC3)ncc2c1. The number of aromatic nitrogens is 2. The number of nitrogens with zero attached hydrogens (tertiary/aromatic N) is 4. The summed E-state index contributed by atoms with van der Waals surface area (Å²) in [4.78, 5) is 26.5. The molecule has 3 heterocycles. The normalized spacial score (nSPS) is 17.2. The lowest BCUT2D eigenvalue weighted by Crippen LogP contribution is -2.44. The molecule has 2 aromatic carbocycles. The van der Waals surface area contributed by atoms with Gasteiger partial charge in [0.25, 0.3) is 5.91 Å². The smallest absolute Gasteiger partial charge is 0.484 e. The number of hydrogen-bond acceptors (Lipinski definition) is 7. The molecule has 0 radical (unpaired) electrons. The molecule has 0 spiro atoms. The van der Waals surface area contributed by atoms with Crippen LogP contribution in [0.2, 0.25) is 0 Å². The predicted molar refractivity (Wildman–Crippen MR) is 133 cm³/mol. The predicted octanol–water partition coefficient (Wildman–Crippen LogP) is 4.61. The van der Waals surface area contributed by atoms with E-state index in [2.05, 4.69) is 24.8 Å². The van der Waals surface area contributed by atoms with Crippen LogP contribution in [0.25, 0.3) is 10.9 Å². The third-order valence-electron chi connectivity index (χ3n) is 6.68. The number of amides is 1. The van der Waals surface area contributed by atoms with E-state index in [0.29, 0.717) is 11.7 Å². The van der Waals surface area contributed by atoms with E-state index >= 15 is 0 Å². The van der Waals surface area contributed by atoms with Crippen LogP contribution < -0.4 is 19.7 Å². The maximum Gasteiger partial charge on any atom is 0.573 e. The summed E-state index contributed by atoms with van der Waals surface area (Å²) in [5.41, 5.74) is 1.36. The van der Waals surface area contributed by atoms with E-state index in [1.165, 1.54) is 38.1 Å². The summed E-state index contributed by atoms with van der Waals surface area (Å²) in [5, 5.41) is 3.55. The van der Waals surface area contributed by atoms with Crippen molar-refractivity contribution in [2.24, 2.45) is 0 Å². The summed E-state index contributed by atoms with van der Waals surface area (Å²) in [6.45, 7) is 4.02. The molecule has 5 rings (SSSR count). The zero-order valence-corrected chi connectivity index (χ0v) is 20.2. The quantitative estimate of drug-likeness (QED) is 0.492. The van der Waals surface area contributed by atoms with Crippen molar-refractivity contribution in [3.05, 3.63) is 48.7 Å². The number of piperidine rings is 1. The molecule has 3 aromatic rings. The van der Waals surface area contributed by atoms with Gasteiger partial charge in [-0.05, 0) is 81.2 Å². The zero-order valence-electron chi connectivity index (χ0n) is 20.2. The van der Waals surface area contributed by atoms with Gasteiger partial charge in [0, 0.05) is 36.4 Å². The van der Waals surface area contributed by atoms with Crippen molar-refractivity contribution in [2.45, 2.75) is 38.1 Å². The van der Waals surface area contributed by atoms with Crippen molar-refractivity contribution in [3.8, 4) is 11.5 Å². The number of nitrogens with one attached hydrogen (secondary N) is 1. The van der Waals surface area contributed by atoms with Crippen molar-refractivity contribution in [3.63, 3.8) is 0 Å². The van der Waals surface area contributed by atoms with E-state index in [4.69, 9.17) is 9.72 Å². The second kappa shape index (κ2) is 10.8. The lowest BCUT2D eigenvalue weighted by Gasteiger charge is -2.36. The van der Waals surface area contributed by atoms with Gasteiger partial charge in [-0.15, -0.1) is 13.2 Å². The van der Waals surface area contributed by atoms with E-state index in [1.807, 2.05) is 6.07 Å². The molecular weight excluding hydrogens is 487 g/mol. The van der Waals surface area contributed by atoms with Crippen molar-refractivity contribution >= 4 is 28.4 Å². The Morgan fingerprint density at radius 3 is 2.41 bits per heavy atom. The van der Waals surface area contributed by atoms with Gasteiger partial charge < -0.3 is 24.6 Å². The molecule has 37 heavy (non-hydrogen) atoms. The molecule has 1 N–H and O–H groups in total. The van der Waals surface area contributed by atoms with Gasteiger partial charge >= 0.3 is 6.36 Å². The Kier molecular flexibility index (Phi) is 7.31. The second-order valence-corrected chi connectivity index (χ2v) is 9.26. The summed E-state index contributed by atoms with van der Waals surface area (Å²) in [7, 11) is 0. The van der Waals surface area contributed by atoms with Crippen molar-refractivity contribution in [1.82, 2.24) is 14.9 Å². The number of anilines is 2. The van der Waals surface area contributed by atoms with Crippen LogP contribution >= 0.6 is 0 Å². The first-order valence-corrected chi connectivity index (χ1v) is 12.4. The summed E-state index contributed by atoms with van der Waals surface area (Å²) in [5.74, 6) is 0.198. The molecule has 2 fully saturated rings. The van der Waals surface area contributed by atoms with E-state index in [0.717, 1.165) is 54.9 Å². The highest BCUT2D eigenvalue weighted by atomic mass is 19.4. The second-order valence-electron chi connectivity index (χ2n) is 9.26. The summed E-state index contributed by atoms with van der Waals surface area (Å²) in [6.07, 6.45) is 1.86. The Labute approximate surface area is 212 Å². The molecule has 11 heteroatoms. The molecule has 1 aromatic heterocycles. The van der Waals surface area contributed by atoms with Crippen molar-refractivity contribution in [2.75, 3.05) is 43.0 Å². The molecule has 0 unspecified atom stereocenters. The van der Waals surface area contributed by atoms with Crippen LogP contribution in [0.5, 0.6) is 11.5 Å². The van der Waals surface area contributed by atoms with E-state index < -0.39 is 12.3 Å². The van der Waals surface area contributed by atoms with Crippen LogP contribution in [0.4, 0.5) is 24.8 Å². The topological polar surface area (TPSA) is 79.8 Å². The van der Waals surface area contributed by atoms with Crippen LogP contribution in [0, 0.1) is 0 Å². The number of alkyl halides is 3. The lowest BCUT2D eigenvalue weighted by molar-refractivity contribution is -0.274. The summed E-state index contributed by atoms with van der Waals surface area (Å²) < 4.78 is 45.9. The summed E-state index contributed by atoms with van der Waals surface area (Å²) in [6, 6.07) is 10.9. The highest BCUT2D eigenvalue weighted by Gasteiger charge is 2.31. The van der Waals surface area contributed by atoms with Gasteiger partial charge in [-0.1, -0.05) is 0 Å². The first-order chi connectivity index (χ1) is 17.8. The molecule has 0 aliphatic carbocycles. The minimum Gasteiger partial charge on any atom is -0.484 e. The van der Waals surface area contributed by atoms with E-state index in [1.54, 1.807) is 18.3 Å². The average Bonchev–Trinajstić information content (AvgIpc) is 3.42. The highest BCUT2D eigenvalue weighted by Crippen LogP contribution is 2.26. The highest BCUT2D eigenvalue weighted by molar-refractivity contribution is 5.94. The first-order valence-electron chi connectivity index (χ1n) is 12.4. The molecule has 0 saturated carbocycles. The monoisotopic (exact) mass is 515 g/mol. The number of carbonyl (C=O) groups excluding carboxylic acids is 1. The molecule has 2 aliphatic heterocycles. The standard InChI is InChI=1S/C26H28F3N5O3/c27-26(28,29)37-22-6-4-21(5-7-22)36-17-24(35)31-19-3-8-23-18(15-19)16-30-25(32-23)34-13-9-20(10-14-34)33-11-1-2-12-33/h3-8,15-16,20H,1-2,9-14,17H2,(H,31,35). The van der Waals surface area contributed by atoms with Crippen LogP contribution in [0.15, 0.2) is 48.7 Å². The first kappa shape index (κ1) is 25.1. The van der Waals surface area contributed by atoms with Gasteiger partial charge in [-0.25, -0.2) is 9.97 Å². The van der Waals surface area contributed by atoms with Gasteiger partial charge in [-0.2, -0.15) is 0 Å². The Balaban J connectivity index is 1.13. The molecule has 2 saturated heterocycles. The fraction of sp³-hybridized carbons (Fsp3) is 0.423. The van der Waals surface area contributed by atoms with Crippen LogP contribution in [0.3, 0.4) is 0 Å². The molecule has 0 bridgehead atoms. The van der Waals surface area contributed by atoms with E-state index in [-0.39, 0.29) is 18.1 Å². The number of likely N-dealkylation sites (tertiary alicyclic amines) is 1. The number of fused-ring (bicyclic) bond motifs is 1. The van der Waals surface area contributed by atoms with Crippen molar-refractivity contribution < 1.29 is 27.4 Å². The largest absolute Gasteiger partial charge is 0.573 e. The fourth-order valence-corrected chi connectivity index (χ4v) is 4.87. The molecule has 1 amide bonds. The maximum absolute atomic E-state index is 12.3. The number of halogens is 3. The maximum atomic E-state index is 12.3. The van der Waals surface area contributed by atoms with Crippen LogP contribution in [0.1, 0.15) is 25.7 Å². The molecule has 8 nitrogen and oxygen atoms in total. The number of benzene rings is 2. The summed E-state index contributed by atoms with van der Waals surface area (Å²) >= 11 is 0. The Morgan fingerprint density at radius 1 is 1.00 bits per heavy atom. The Bertz CT molecular complexity index is 1220. The van der Waals surface area contributed by atoms with Gasteiger partial charge in [0.2, 0.25) is 5.95 Å². The minimum absolute atomic E-state index is 0.244. The van der Waals surface area contributed by atoms with Gasteiger partial charge in [-0.3, -0.25) is 4.79 Å². The fourth-order valence-electron chi connectivity index (χ4n) is 4.87. The third-order valence-corrected chi connectivity index (χ3v) is 6.68. The third kappa shape index (κ3) is 6.59. The average molecular weight is 516 g/mol. The molecule has 0 atom stereocenters. The Morgan fingerprint density at radius 2 is 1.70 bits per heavy atom. The van der Waals surface area contributed by atoms with E-state index in [9.17, 15) is 18.0 Å². The lowest BCUT2D eigenvalue weighted by atomic mass is 10.0. The number of rotatable bonds is 7. The Hall–Kier alpha value is -3.60. The van der Waals surface area contributed by atoms with Gasteiger partial charge in [0.15, 0.2) is 6.61 Å². The van der Waals surface area contributed by atoms with Crippen LogP contribution in [-0.4, -0.2) is 66.0 Å². The van der Waals surface area contributed by atoms with Gasteiger partial charge in [0.05, 0.1) is 5.52 Å². The van der Waals surface area contributed by atoms with Gasteiger partial charge in [0.1, 0.15) is 11.5 Å². The number of ether oxygens (including phenoxy) is 2. The molecule has 196 valence electrons. The molecular formula is C26H28F3N5O3.